The highest BCUT2D eigenvalue weighted by atomic mass is 16.5. The van der Waals surface area contributed by atoms with Crippen LogP contribution in [0.5, 0.6) is 5.75 Å². The number of ether oxygens (including phenoxy) is 1. The lowest BCUT2D eigenvalue weighted by molar-refractivity contribution is -0.139. The van der Waals surface area contributed by atoms with Gasteiger partial charge in [-0.2, -0.15) is 0 Å². The van der Waals surface area contributed by atoms with Crippen molar-refractivity contribution in [3.63, 3.8) is 0 Å². The molecule has 2 aliphatic rings. The normalized spacial score (nSPS) is 20.5. The average molecular weight is 322 g/mol. The van der Waals surface area contributed by atoms with Gasteiger partial charge in [0.15, 0.2) is 6.10 Å². The van der Waals surface area contributed by atoms with E-state index in [1.54, 1.807) is 0 Å². The number of carbonyl (C=O) groups excluding carboxylic acids is 1. The van der Waals surface area contributed by atoms with Gasteiger partial charge < -0.3 is 9.64 Å². The van der Waals surface area contributed by atoms with Gasteiger partial charge in [0.2, 0.25) is 0 Å². The lowest BCUT2D eigenvalue weighted by atomic mass is 10.1. The van der Waals surface area contributed by atoms with E-state index in [2.05, 4.69) is 29.2 Å². The molecule has 1 saturated heterocycles. The molecule has 1 fully saturated rings. The monoisotopic (exact) mass is 322 g/mol. The van der Waals surface area contributed by atoms with Crippen molar-refractivity contribution >= 4 is 5.91 Å². The number of piperazine rings is 1. The highest BCUT2D eigenvalue weighted by Gasteiger charge is 2.33. The quantitative estimate of drug-likeness (QED) is 0.869. The van der Waals surface area contributed by atoms with Gasteiger partial charge in [-0.3, -0.25) is 9.69 Å². The van der Waals surface area contributed by atoms with Gasteiger partial charge >= 0.3 is 0 Å². The van der Waals surface area contributed by atoms with E-state index in [1.807, 2.05) is 35.2 Å². The van der Waals surface area contributed by atoms with Crippen LogP contribution in [-0.2, 0) is 17.8 Å². The van der Waals surface area contributed by atoms with Crippen LogP contribution >= 0.6 is 0 Å². The smallest absolute Gasteiger partial charge is 0.264 e. The Labute approximate surface area is 142 Å². The molecule has 0 bridgehead atoms. The van der Waals surface area contributed by atoms with Gasteiger partial charge in [-0.05, 0) is 17.2 Å². The molecular formula is C20H22N2O2. The van der Waals surface area contributed by atoms with Crippen LogP contribution in [0.4, 0.5) is 0 Å². The molecule has 0 saturated carbocycles. The average Bonchev–Trinajstić information content (AvgIpc) is 3.07. The maximum atomic E-state index is 12.7. The summed E-state index contributed by atoms with van der Waals surface area (Å²) in [5, 5.41) is 0. The van der Waals surface area contributed by atoms with E-state index in [-0.39, 0.29) is 12.0 Å². The molecule has 0 N–H and O–H groups in total. The first-order chi connectivity index (χ1) is 11.8. The Morgan fingerprint density at radius 3 is 2.42 bits per heavy atom. The Hall–Kier alpha value is -2.33. The molecule has 4 heteroatoms. The third kappa shape index (κ3) is 3.15. The minimum atomic E-state index is -0.344. The topological polar surface area (TPSA) is 32.8 Å². The van der Waals surface area contributed by atoms with E-state index in [0.717, 1.165) is 44.0 Å². The summed E-state index contributed by atoms with van der Waals surface area (Å²) in [5.41, 5.74) is 2.46. The molecule has 2 heterocycles. The van der Waals surface area contributed by atoms with Crippen LogP contribution in [-0.4, -0.2) is 48.0 Å². The minimum Gasteiger partial charge on any atom is -0.480 e. The lowest BCUT2D eigenvalue weighted by Crippen LogP contribution is -2.51. The summed E-state index contributed by atoms with van der Waals surface area (Å²) >= 11 is 0. The third-order valence-electron chi connectivity index (χ3n) is 4.86. The van der Waals surface area contributed by atoms with Gasteiger partial charge in [0.1, 0.15) is 5.75 Å². The van der Waals surface area contributed by atoms with Gasteiger partial charge in [0, 0.05) is 39.1 Å². The second-order valence-corrected chi connectivity index (χ2v) is 6.51. The standard InChI is InChI=1S/C20H22N2O2/c23-20(19-14-17-8-4-5-9-18(17)24-19)22-12-10-21(11-13-22)15-16-6-2-1-3-7-16/h1-9,19H,10-15H2/t19-/m0/s1. The summed E-state index contributed by atoms with van der Waals surface area (Å²) in [7, 11) is 0. The number of fused-ring (bicyclic) bond motifs is 1. The van der Waals surface area contributed by atoms with Crippen molar-refractivity contribution in [2.45, 2.75) is 19.1 Å². The van der Waals surface area contributed by atoms with Crippen molar-refractivity contribution in [1.29, 1.82) is 0 Å². The van der Waals surface area contributed by atoms with Crippen molar-refractivity contribution in [2.75, 3.05) is 26.2 Å². The maximum Gasteiger partial charge on any atom is 0.264 e. The summed E-state index contributed by atoms with van der Waals surface area (Å²) < 4.78 is 5.84. The molecule has 2 aromatic carbocycles. The molecule has 0 aliphatic carbocycles. The van der Waals surface area contributed by atoms with Crippen molar-refractivity contribution in [2.24, 2.45) is 0 Å². The van der Waals surface area contributed by atoms with E-state index in [4.69, 9.17) is 4.74 Å². The fourth-order valence-corrected chi connectivity index (χ4v) is 3.49. The molecule has 124 valence electrons. The predicted molar refractivity (Wildman–Crippen MR) is 92.9 cm³/mol. The van der Waals surface area contributed by atoms with Gasteiger partial charge in [0.05, 0.1) is 0 Å². The molecule has 2 aromatic rings. The Balaban J connectivity index is 1.31. The Bertz CT molecular complexity index is 684. The second kappa shape index (κ2) is 6.65. The predicted octanol–water partition coefficient (Wildman–Crippen LogP) is 2.33. The fourth-order valence-electron chi connectivity index (χ4n) is 3.49. The van der Waals surface area contributed by atoms with Crippen LogP contribution < -0.4 is 4.74 Å². The summed E-state index contributed by atoms with van der Waals surface area (Å²) in [6, 6.07) is 18.4. The summed E-state index contributed by atoms with van der Waals surface area (Å²) in [4.78, 5) is 17.1. The molecule has 0 aromatic heterocycles. The Morgan fingerprint density at radius 2 is 1.67 bits per heavy atom. The summed E-state index contributed by atoms with van der Waals surface area (Å²) in [6.07, 6.45) is 0.349. The van der Waals surface area contributed by atoms with Gasteiger partial charge in [-0.15, -0.1) is 0 Å². The van der Waals surface area contributed by atoms with Crippen LogP contribution in [0.25, 0.3) is 0 Å². The van der Waals surface area contributed by atoms with Crippen molar-refractivity contribution in [1.82, 2.24) is 9.80 Å². The molecule has 0 radical (unpaired) electrons. The molecular weight excluding hydrogens is 300 g/mol. The van der Waals surface area contributed by atoms with Crippen LogP contribution in [0.1, 0.15) is 11.1 Å². The lowest BCUT2D eigenvalue weighted by Gasteiger charge is -2.35. The number of nitrogens with zero attached hydrogens (tertiary/aromatic N) is 2. The molecule has 4 rings (SSSR count). The van der Waals surface area contributed by atoms with E-state index < -0.39 is 0 Å². The molecule has 2 aliphatic heterocycles. The Kier molecular flexibility index (Phi) is 4.22. The second-order valence-electron chi connectivity index (χ2n) is 6.51. The molecule has 1 amide bonds. The summed E-state index contributed by atoms with van der Waals surface area (Å²) in [5.74, 6) is 0.990. The van der Waals surface area contributed by atoms with Crippen molar-refractivity contribution in [3.05, 3.63) is 65.7 Å². The van der Waals surface area contributed by atoms with Crippen LogP contribution in [0.2, 0.25) is 0 Å². The zero-order chi connectivity index (χ0) is 16.4. The zero-order valence-electron chi connectivity index (χ0n) is 13.7. The first-order valence-electron chi connectivity index (χ1n) is 8.59. The highest BCUT2D eigenvalue weighted by molar-refractivity contribution is 5.82. The first kappa shape index (κ1) is 15.2. The van der Waals surface area contributed by atoms with Crippen LogP contribution in [0.3, 0.4) is 0 Å². The largest absolute Gasteiger partial charge is 0.480 e. The van der Waals surface area contributed by atoms with E-state index in [1.165, 1.54) is 5.56 Å². The number of para-hydroxylation sites is 1. The maximum absolute atomic E-state index is 12.7. The van der Waals surface area contributed by atoms with Crippen LogP contribution in [0, 0.1) is 0 Å². The molecule has 24 heavy (non-hydrogen) atoms. The van der Waals surface area contributed by atoms with Gasteiger partial charge in [-0.25, -0.2) is 0 Å². The molecule has 0 unspecified atom stereocenters. The van der Waals surface area contributed by atoms with Gasteiger partial charge in [0.25, 0.3) is 5.91 Å². The molecule has 1 atom stereocenters. The number of amides is 1. The number of carbonyl (C=O) groups is 1. The van der Waals surface area contributed by atoms with E-state index in [0.29, 0.717) is 6.42 Å². The summed E-state index contributed by atoms with van der Waals surface area (Å²) in [6.45, 7) is 4.35. The number of benzene rings is 2. The highest BCUT2D eigenvalue weighted by Crippen LogP contribution is 2.29. The SMILES string of the molecule is O=C([C@@H]1Cc2ccccc2O1)N1CCN(Cc2ccccc2)CC1. The fraction of sp³-hybridized carbons (Fsp3) is 0.350. The zero-order valence-corrected chi connectivity index (χ0v) is 13.7. The minimum absolute atomic E-state index is 0.130. The van der Waals surface area contributed by atoms with Crippen molar-refractivity contribution in [3.8, 4) is 5.75 Å². The molecule has 0 spiro atoms. The van der Waals surface area contributed by atoms with Gasteiger partial charge in [-0.1, -0.05) is 48.5 Å². The number of hydrogen-bond acceptors (Lipinski definition) is 3. The third-order valence-corrected chi connectivity index (χ3v) is 4.86. The van der Waals surface area contributed by atoms with E-state index >= 15 is 0 Å². The van der Waals surface area contributed by atoms with Crippen LogP contribution in [0.15, 0.2) is 54.6 Å². The molecule has 4 nitrogen and oxygen atoms in total. The first-order valence-corrected chi connectivity index (χ1v) is 8.59. The number of rotatable bonds is 3. The van der Waals surface area contributed by atoms with Crippen molar-refractivity contribution < 1.29 is 9.53 Å². The Morgan fingerprint density at radius 1 is 0.958 bits per heavy atom. The number of hydrogen-bond donors (Lipinski definition) is 0. The van der Waals surface area contributed by atoms with E-state index in [9.17, 15) is 4.79 Å².